The zero-order valence-corrected chi connectivity index (χ0v) is 30.8. The highest BCUT2D eigenvalue weighted by Gasteiger charge is 2.10. The molecule has 20 nitrogen and oxygen atoms in total. The molecule has 0 aromatic heterocycles. The highest BCUT2D eigenvalue weighted by Crippen LogP contribution is 2.16. The van der Waals surface area contributed by atoms with Crippen LogP contribution in [0.2, 0.25) is 0 Å². The van der Waals surface area contributed by atoms with Gasteiger partial charge in [-0.2, -0.15) is 0 Å². The van der Waals surface area contributed by atoms with E-state index in [4.69, 9.17) is 26.6 Å². The van der Waals surface area contributed by atoms with Crippen LogP contribution in [-0.4, -0.2) is 109 Å². The Bertz CT molecular complexity index is 1850. The maximum atomic E-state index is 11.4. The third-order valence-electron chi connectivity index (χ3n) is 6.01. The van der Waals surface area contributed by atoms with Gasteiger partial charge in [-0.25, -0.2) is 34.7 Å². The quantitative estimate of drug-likeness (QED) is 0.0343. The van der Waals surface area contributed by atoms with Crippen molar-refractivity contribution in [1.29, 1.82) is 0 Å². The Morgan fingerprint density at radius 2 is 0.865 bits per heavy atom. The normalized spacial score (nSPS) is 11.2. The summed E-state index contributed by atoms with van der Waals surface area (Å²) in [5, 5.41) is 46.4. The van der Waals surface area contributed by atoms with Crippen molar-refractivity contribution in [3.8, 4) is 0 Å². The lowest BCUT2D eigenvalue weighted by atomic mass is 10.3. The average molecular weight is 813 g/mol. The molecule has 3 aromatic rings. The van der Waals surface area contributed by atoms with E-state index >= 15 is 0 Å². The van der Waals surface area contributed by atoms with Crippen molar-refractivity contribution in [2.45, 2.75) is 0 Å². The van der Waals surface area contributed by atoms with E-state index in [-0.39, 0.29) is 68.0 Å². The third-order valence-corrected chi connectivity index (χ3v) is 9.94. The fourth-order valence-corrected chi connectivity index (χ4v) is 5.94. The highest BCUT2D eigenvalue weighted by atomic mass is 35.7. The minimum Gasteiger partial charge on any atom is -0.399 e. The van der Waals surface area contributed by atoms with Crippen molar-refractivity contribution >= 4 is 73.9 Å². The molecule has 0 amide bonds. The molecule has 3 aromatic carbocycles. The average Bonchev–Trinajstić information content (AvgIpc) is 3.08. The zero-order chi connectivity index (χ0) is 39.2. The van der Waals surface area contributed by atoms with Gasteiger partial charge < -0.3 is 31.9 Å². The largest absolute Gasteiger partial charge is 0.399 e. The van der Waals surface area contributed by atoms with Gasteiger partial charge in [-0.05, 0) is 48.5 Å². The number of aliphatic hydroxyl groups excluding tert-OH is 2. The van der Waals surface area contributed by atoms with Crippen LogP contribution in [0, 0.1) is 20.2 Å². The molecule has 0 aliphatic rings. The fraction of sp³-hybridized carbons (Fsp3) is 0.357. The number of nitro benzene ring substituents is 2. The maximum Gasteiger partial charge on any atom is 0.269 e. The van der Waals surface area contributed by atoms with Crippen molar-refractivity contribution in [2.24, 2.45) is 0 Å². The molecule has 0 radical (unpaired) electrons. The summed E-state index contributed by atoms with van der Waals surface area (Å²) < 4.78 is 71.1. The summed E-state index contributed by atoms with van der Waals surface area (Å²) in [5.74, 6) is -0.396. The van der Waals surface area contributed by atoms with Crippen LogP contribution in [0.25, 0.3) is 0 Å². The van der Waals surface area contributed by atoms with Crippen LogP contribution in [0.3, 0.4) is 0 Å². The molecule has 0 heterocycles. The Kier molecular flexibility index (Phi) is 20.4. The molecule has 0 spiro atoms. The molecule has 290 valence electrons. The second kappa shape index (κ2) is 23.3. The summed E-state index contributed by atoms with van der Waals surface area (Å²) in [7, 11) is -5.24. The van der Waals surface area contributed by atoms with Crippen LogP contribution >= 0.6 is 10.7 Å². The zero-order valence-electron chi connectivity index (χ0n) is 27.6. The molecule has 0 saturated carbocycles. The summed E-state index contributed by atoms with van der Waals surface area (Å²) in [6, 6.07) is 18.4. The second-order valence-corrected chi connectivity index (χ2v) is 16.9. The molecule has 0 aliphatic heterocycles. The molecular weight excluding hydrogens is 772 g/mol. The molecule has 0 atom stereocenters. The van der Waals surface area contributed by atoms with Gasteiger partial charge in [0, 0.05) is 90.4 Å². The lowest BCUT2D eigenvalue weighted by Crippen LogP contribution is -2.31. The summed E-state index contributed by atoms with van der Waals surface area (Å²) in [5.41, 5.74) is 8.16. The molecule has 0 aliphatic carbocycles. The Hall–Kier alpha value is -4.36. The number of nitrogens with two attached hydrogens (primary N) is 1. The van der Waals surface area contributed by atoms with E-state index in [1.54, 1.807) is 24.3 Å². The van der Waals surface area contributed by atoms with Crippen LogP contribution in [-0.2, 0) is 29.1 Å². The summed E-state index contributed by atoms with van der Waals surface area (Å²) in [6.07, 6.45) is 0. The first-order valence-corrected chi connectivity index (χ1v) is 20.8. The van der Waals surface area contributed by atoms with Gasteiger partial charge in [0.25, 0.3) is 11.4 Å². The van der Waals surface area contributed by atoms with Gasteiger partial charge in [0.05, 0.1) is 40.3 Å². The van der Waals surface area contributed by atoms with E-state index in [2.05, 4.69) is 25.4 Å². The Morgan fingerprint density at radius 1 is 0.558 bits per heavy atom. The van der Waals surface area contributed by atoms with E-state index in [0.29, 0.717) is 23.6 Å². The van der Waals surface area contributed by atoms with E-state index in [1.807, 2.05) is 0 Å². The number of hydrogen-bond donors (Lipinski definition) is 8. The van der Waals surface area contributed by atoms with E-state index in [1.165, 1.54) is 48.5 Å². The van der Waals surface area contributed by atoms with Gasteiger partial charge in [0.15, 0.2) is 0 Å². The standard InChI is InChI=1S/C10H15N3O5S.C10H17N3O3S.C8H9ClN2O4S/c14-7-5-12-19(17,18)8-6-11-9-1-3-10(4-2-9)13(15)16;11-9-1-3-10(4-2-9)12-6-8-17(15,16)13-5-7-14;9-16(14,15)6-5-10-7-1-3-8(4-2-7)11(12)13/h1-4,11-12,14H,5-8H2;1-4,12-14H,5-8,11H2;1-4,10H,5-6H2. The smallest absolute Gasteiger partial charge is 0.269 e. The number of rotatable bonds is 20. The molecule has 24 heteroatoms. The third kappa shape index (κ3) is 21.8. The molecule has 9 N–H and O–H groups in total. The number of non-ortho nitro benzene ring substituents is 2. The second-order valence-electron chi connectivity index (χ2n) is 10.1. The fourth-order valence-electron chi connectivity index (χ4n) is 3.53. The first-order valence-electron chi connectivity index (χ1n) is 15.0. The molecule has 3 rings (SSSR count). The number of nitrogen functional groups attached to an aromatic ring is 1. The molecule has 0 bridgehead atoms. The number of nitro groups is 2. The predicted molar refractivity (Wildman–Crippen MR) is 200 cm³/mol. The van der Waals surface area contributed by atoms with Crippen LogP contribution in [0.1, 0.15) is 0 Å². The molecule has 0 saturated heterocycles. The molecule has 0 unspecified atom stereocenters. The van der Waals surface area contributed by atoms with Crippen LogP contribution in [0.5, 0.6) is 0 Å². The van der Waals surface area contributed by atoms with Gasteiger partial charge in [0.2, 0.25) is 29.1 Å². The molecular formula is C28H41ClN8O12S3. The minimum absolute atomic E-state index is 0.0140. The number of nitrogens with zero attached hydrogens (tertiary/aromatic N) is 2. The number of anilines is 4. The number of nitrogens with one attached hydrogen (secondary N) is 5. The number of halogens is 1. The summed E-state index contributed by atoms with van der Waals surface area (Å²) in [6.45, 7) is 0.191. The minimum atomic E-state index is -3.51. The van der Waals surface area contributed by atoms with Crippen molar-refractivity contribution in [2.75, 3.05) is 84.9 Å². The topological polar surface area (TPSA) is 315 Å². The molecule has 0 fully saturated rings. The maximum absolute atomic E-state index is 11.4. The first kappa shape index (κ1) is 45.7. The van der Waals surface area contributed by atoms with E-state index in [9.17, 15) is 45.5 Å². The van der Waals surface area contributed by atoms with Gasteiger partial charge in [-0.1, -0.05) is 0 Å². The van der Waals surface area contributed by atoms with Crippen LogP contribution in [0.15, 0.2) is 72.8 Å². The van der Waals surface area contributed by atoms with Crippen molar-refractivity contribution < 1.29 is 45.3 Å². The molecule has 52 heavy (non-hydrogen) atoms. The van der Waals surface area contributed by atoms with Gasteiger partial charge in [-0.3, -0.25) is 20.2 Å². The van der Waals surface area contributed by atoms with Gasteiger partial charge in [0.1, 0.15) is 0 Å². The number of hydrogen-bond acceptors (Lipinski definition) is 16. The van der Waals surface area contributed by atoms with Crippen molar-refractivity contribution in [3.63, 3.8) is 0 Å². The SMILES string of the molecule is Nc1ccc(NCCS(=O)(=O)NCCO)cc1.O=[N+]([O-])c1ccc(NCCS(=O)(=O)Cl)cc1.O=[N+]([O-])c1ccc(NCCS(=O)(=O)NCCO)cc1. The highest BCUT2D eigenvalue weighted by molar-refractivity contribution is 8.13. The Balaban J connectivity index is 0.000000392. The summed E-state index contributed by atoms with van der Waals surface area (Å²) >= 11 is 0. The predicted octanol–water partition coefficient (Wildman–Crippen LogP) is 1.09. The van der Waals surface area contributed by atoms with Crippen molar-refractivity contribution in [1.82, 2.24) is 9.44 Å². The Labute approximate surface area is 305 Å². The monoisotopic (exact) mass is 812 g/mol. The van der Waals surface area contributed by atoms with Gasteiger partial charge in [-0.15, -0.1) is 0 Å². The number of aliphatic hydroxyl groups is 2. The lowest BCUT2D eigenvalue weighted by Gasteiger charge is -2.08. The lowest BCUT2D eigenvalue weighted by molar-refractivity contribution is -0.385. The first-order chi connectivity index (χ1) is 24.4. The number of sulfonamides is 2. The number of benzene rings is 3. The van der Waals surface area contributed by atoms with Gasteiger partial charge >= 0.3 is 0 Å². The summed E-state index contributed by atoms with van der Waals surface area (Å²) in [4.78, 5) is 19.8. The Morgan fingerprint density at radius 3 is 1.15 bits per heavy atom. The van der Waals surface area contributed by atoms with E-state index in [0.717, 1.165) is 5.69 Å². The van der Waals surface area contributed by atoms with Crippen LogP contribution < -0.4 is 31.1 Å². The van der Waals surface area contributed by atoms with Crippen molar-refractivity contribution in [3.05, 3.63) is 93.0 Å². The van der Waals surface area contributed by atoms with Crippen LogP contribution in [0.4, 0.5) is 34.1 Å². The van der Waals surface area contributed by atoms with E-state index < -0.39 is 38.9 Å².